The van der Waals surface area contributed by atoms with Crippen LogP contribution in [0.3, 0.4) is 0 Å². The summed E-state index contributed by atoms with van der Waals surface area (Å²) < 4.78 is 5.36. The van der Waals surface area contributed by atoms with E-state index >= 15 is 0 Å². The van der Waals surface area contributed by atoms with E-state index in [0.29, 0.717) is 18.9 Å². The summed E-state index contributed by atoms with van der Waals surface area (Å²) in [7, 11) is 0. The molecule has 0 aromatic heterocycles. The molecule has 1 atom stereocenters. The van der Waals surface area contributed by atoms with E-state index in [1.165, 1.54) is 19.3 Å². The standard InChI is InChI=1S/C15H28N2O2/c1-15(12-16)8-3-9-17(15)14(18)5-2-4-13-6-10-19-11-7-13/h13H,2-12,16H2,1H3. The van der Waals surface area contributed by atoms with Crippen LogP contribution >= 0.6 is 0 Å². The highest BCUT2D eigenvalue weighted by molar-refractivity contribution is 5.77. The Morgan fingerprint density at radius 2 is 2.16 bits per heavy atom. The lowest BCUT2D eigenvalue weighted by Gasteiger charge is -2.34. The maximum Gasteiger partial charge on any atom is 0.223 e. The van der Waals surface area contributed by atoms with Gasteiger partial charge in [-0.25, -0.2) is 0 Å². The molecule has 0 aromatic carbocycles. The fourth-order valence-electron chi connectivity index (χ4n) is 3.37. The molecule has 2 rings (SSSR count). The van der Waals surface area contributed by atoms with Crippen LogP contribution in [-0.2, 0) is 9.53 Å². The zero-order chi connectivity index (χ0) is 13.7. The van der Waals surface area contributed by atoms with Gasteiger partial charge >= 0.3 is 0 Å². The maximum atomic E-state index is 12.3. The molecule has 0 aromatic rings. The van der Waals surface area contributed by atoms with Crippen LogP contribution in [0.25, 0.3) is 0 Å². The lowest BCUT2D eigenvalue weighted by atomic mass is 9.93. The van der Waals surface area contributed by atoms with Crippen LogP contribution in [0.4, 0.5) is 0 Å². The average Bonchev–Trinajstić information content (AvgIpc) is 2.83. The second-order valence-corrected chi connectivity index (χ2v) is 6.30. The molecule has 2 fully saturated rings. The molecule has 4 nitrogen and oxygen atoms in total. The molecule has 2 heterocycles. The molecule has 2 aliphatic rings. The van der Waals surface area contributed by atoms with E-state index in [2.05, 4.69) is 6.92 Å². The summed E-state index contributed by atoms with van der Waals surface area (Å²) in [5.41, 5.74) is 5.75. The maximum absolute atomic E-state index is 12.3. The third kappa shape index (κ3) is 3.69. The van der Waals surface area contributed by atoms with Gasteiger partial charge in [-0.05, 0) is 51.4 Å². The molecule has 4 heteroatoms. The first kappa shape index (κ1) is 14.8. The summed E-state index contributed by atoms with van der Waals surface area (Å²) in [5, 5.41) is 0. The van der Waals surface area contributed by atoms with E-state index in [1.807, 2.05) is 4.90 Å². The topological polar surface area (TPSA) is 55.6 Å². The van der Waals surface area contributed by atoms with Crippen molar-refractivity contribution >= 4 is 5.91 Å². The summed E-state index contributed by atoms with van der Waals surface area (Å²) >= 11 is 0. The van der Waals surface area contributed by atoms with E-state index in [4.69, 9.17) is 10.5 Å². The van der Waals surface area contributed by atoms with Gasteiger partial charge in [0.25, 0.3) is 0 Å². The minimum Gasteiger partial charge on any atom is -0.381 e. The van der Waals surface area contributed by atoms with Crippen molar-refractivity contribution in [3.8, 4) is 0 Å². The number of likely N-dealkylation sites (tertiary alicyclic amines) is 1. The Kier molecular flexibility index (Phi) is 5.22. The Labute approximate surface area is 116 Å². The lowest BCUT2D eigenvalue weighted by molar-refractivity contribution is -0.134. The molecule has 0 spiro atoms. The number of ether oxygens (including phenoxy) is 1. The van der Waals surface area contributed by atoms with Crippen LogP contribution in [0, 0.1) is 5.92 Å². The van der Waals surface area contributed by atoms with Crippen molar-refractivity contribution in [2.45, 2.75) is 57.4 Å². The lowest BCUT2D eigenvalue weighted by Crippen LogP contribution is -2.49. The number of rotatable bonds is 5. The Morgan fingerprint density at radius 3 is 2.84 bits per heavy atom. The smallest absolute Gasteiger partial charge is 0.223 e. The predicted octanol–water partition coefficient (Wildman–Crippen LogP) is 1.92. The van der Waals surface area contributed by atoms with Gasteiger partial charge in [-0.1, -0.05) is 0 Å². The van der Waals surface area contributed by atoms with Crippen LogP contribution in [0.15, 0.2) is 0 Å². The monoisotopic (exact) mass is 268 g/mol. The van der Waals surface area contributed by atoms with Gasteiger partial charge in [0.15, 0.2) is 0 Å². The minimum absolute atomic E-state index is 0.0875. The van der Waals surface area contributed by atoms with Gasteiger partial charge < -0.3 is 15.4 Å². The molecule has 2 N–H and O–H groups in total. The van der Waals surface area contributed by atoms with Crippen molar-refractivity contribution in [3.63, 3.8) is 0 Å². The van der Waals surface area contributed by atoms with Gasteiger partial charge in [-0.3, -0.25) is 4.79 Å². The highest BCUT2D eigenvalue weighted by Crippen LogP contribution is 2.29. The van der Waals surface area contributed by atoms with Crippen molar-refractivity contribution < 1.29 is 9.53 Å². The van der Waals surface area contributed by atoms with Gasteiger partial charge in [0.05, 0.1) is 5.54 Å². The van der Waals surface area contributed by atoms with Gasteiger partial charge in [0.1, 0.15) is 0 Å². The number of carbonyl (C=O) groups is 1. The number of nitrogens with two attached hydrogens (primary N) is 1. The van der Waals surface area contributed by atoms with E-state index in [-0.39, 0.29) is 5.54 Å². The van der Waals surface area contributed by atoms with Gasteiger partial charge in [-0.2, -0.15) is 0 Å². The molecule has 2 saturated heterocycles. The second-order valence-electron chi connectivity index (χ2n) is 6.30. The molecule has 0 aliphatic carbocycles. The molecule has 1 amide bonds. The molecule has 110 valence electrons. The highest BCUT2D eigenvalue weighted by Gasteiger charge is 2.37. The number of hydrogen-bond acceptors (Lipinski definition) is 3. The van der Waals surface area contributed by atoms with Crippen molar-refractivity contribution in [1.82, 2.24) is 4.90 Å². The predicted molar refractivity (Wildman–Crippen MR) is 75.8 cm³/mol. The van der Waals surface area contributed by atoms with Crippen LogP contribution in [0.2, 0.25) is 0 Å². The molecule has 19 heavy (non-hydrogen) atoms. The molecular weight excluding hydrogens is 240 g/mol. The van der Waals surface area contributed by atoms with Crippen molar-refractivity contribution in [3.05, 3.63) is 0 Å². The summed E-state index contributed by atoms with van der Waals surface area (Å²) in [6, 6.07) is 0. The minimum atomic E-state index is -0.0875. The number of hydrogen-bond donors (Lipinski definition) is 1. The molecule has 0 bridgehead atoms. The SMILES string of the molecule is CC1(CN)CCCN1C(=O)CCCC1CCOCC1. The first-order valence-corrected chi connectivity index (χ1v) is 7.74. The molecule has 2 aliphatic heterocycles. The summed E-state index contributed by atoms with van der Waals surface area (Å²) in [6.07, 6.45) is 7.35. The molecule has 0 radical (unpaired) electrons. The molecule has 0 saturated carbocycles. The zero-order valence-corrected chi connectivity index (χ0v) is 12.2. The summed E-state index contributed by atoms with van der Waals surface area (Å²) in [4.78, 5) is 14.3. The number of amides is 1. The fraction of sp³-hybridized carbons (Fsp3) is 0.933. The normalized spacial score (nSPS) is 28.8. The third-order valence-electron chi connectivity index (χ3n) is 4.83. The van der Waals surface area contributed by atoms with E-state index < -0.39 is 0 Å². The number of carbonyl (C=O) groups excluding carboxylic acids is 1. The van der Waals surface area contributed by atoms with Gasteiger partial charge in [-0.15, -0.1) is 0 Å². The van der Waals surface area contributed by atoms with Gasteiger partial charge in [0, 0.05) is 32.7 Å². The largest absolute Gasteiger partial charge is 0.381 e. The fourth-order valence-corrected chi connectivity index (χ4v) is 3.37. The Hall–Kier alpha value is -0.610. The van der Waals surface area contributed by atoms with E-state index in [9.17, 15) is 4.79 Å². The highest BCUT2D eigenvalue weighted by atomic mass is 16.5. The van der Waals surface area contributed by atoms with Crippen LogP contribution in [0.1, 0.15) is 51.9 Å². The van der Waals surface area contributed by atoms with Gasteiger partial charge in [0.2, 0.25) is 5.91 Å². The van der Waals surface area contributed by atoms with Crippen molar-refractivity contribution in [2.75, 3.05) is 26.3 Å². The van der Waals surface area contributed by atoms with E-state index in [1.54, 1.807) is 0 Å². The average molecular weight is 268 g/mol. The van der Waals surface area contributed by atoms with E-state index in [0.717, 1.165) is 44.9 Å². The number of nitrogens with zero attached hydrogens (tertiary/aromatic N) is 1. The second kappa shape index (κ2) is 6.71. The molecule has 1 unspecified atom stereocenters. The molecular formula is C15H28N2O2. The van der Waals surface area contributed by atoms with Crippen LogP contribution in [0.5, 0.6) is 0 Å². The summed E-state index contributed by atoms with van der Waals surface area (Å²) in [6.45, 7) is 5.39. The van der Waals surface area contributed by atoms with Crippen LogP contribution in [-0.4, -0.2) is 42.6 Å². The van der Waals surface area contributed by atoms with Crippen molar-refractivity contribution in [1.29, 1.82) is 0 Å². The Balaban J connectivity index is 1.72. The Morgan fingerprint density at radius 1 is 1.42 bits per heavy atom. The van der Waals surface area contributed by atoms with Crippen molar-refractivity contribution in [2.24, 2.45) is 11.7 Å². The zero-order valence-electron chi connectivity index (χ0n) is 12.2. The first-order valence-electron chi connectivity index (χ1n) is 7.74. The Bertz CT molecular complexity index is 303. The summed E-state index contributed by atoms with van der Waals surface area (Å²) in [5.74, 6) is 1.07. The first-order chi connectivity index (χ1) is 9.15. The third-order valence-corrected chi connectivity index (χ3v) is 4.83. The van der Waals surface area contributed by atoms with Crippen LogP contribution < -0.4 is 5.73 Å². The quantitative estimate of drug-likeness (QED) is 0.829.